The Bertz CT molecular complexity index is 998. The molecule has 0 spiro atoms. The molecule has 0 aliphatic carbocycles. The number of likely N-dealkylation sites (tertiary alicyclic amines) is 1. The number of nitrogens with zero attached hydrogens (tertiary/aromatic N) is 2. The second-order valence-corrected chi connectivity index (χ2v) is 8.36. The Labute approximate surface area is 164 Å². The number of aryl methyl sites for hydroxylation is 1. The third kappa shape index (κ3) is 3.26. The van der Waals surface area contributed by atoms with Gasteiger partial charge in [-0.25, -0.2) is 0 Å². The van der Waals surface area contributed by atoms with Gasteiger partial charge in [0.15, 0.2) is 6.20 Å². The van der Waals surface area contributed by atoms with Crippen molar-refractivity contribution in [2.45, 2.75) is 22.6 Å². The lowest BCUT2D eigenvalue weighted by Crippen LogP contribution is -2.29. The van der Waals surface area contributed by atoms with E-state index in [1.54, 1.807) is 0 Å². The number of nitrogens with one attached hydrogen (secondary N) is 1. The van der Waals surface area contributed by atoms with Crippen LogP contribution in [0.15, 0.2) is 58.5 Å². The van der Waals surface area contributed by atoms with E-state index in [-0.39, 0.29) is 0 Å². The molecule has 2 aromatic carbocycles. The van der Waals surface area contributed by atoms with Crippen molar-refractivity contribution < 1.29 is 9.30 Å². The summed E-state index contributed by atoms with van der Waals surface area (Å²) in [5.74, 6) is 0.940. The number of aromatic nitrogens is 1. The predicted molar refractivity (Wildman–Crippen MR) is 110 cm³/mol. The fourth-order valence-corrected chi connectivity index (χ4v) is 5.05. The summed E-state index contributed by atoms with van der Waals surface area (Å²) in [7, 11) is 2.11. The van der Waals surface area contributed by atoms with Gasteiger partial charge >= 0.3 is 0 Å². The van der Waals surface area contributed by atoms with Crippen molar-refractivity contribution in [3.63, 3.8) is 0 Å². The van der Waals surface area contributed by atoms with Crippen molar-refractivity contribution in [2.75, 3.05) is 31.6 Å². The minimum Gasteiger partial charge on any atom is -0.492 e. The quantitative estimate of drug-likeness (QED) is 0.535. The van der Waals surface area contributed by atoms with Crippen LogP contribution in [0.1, 0.15) is 12.8 Å². The maximum absolute atomic E-state index is 6.03. The number of ether oxygens (including phenoxy) is 1. The molecule has 2 aliphatic heterocycles. The van der Waals surface area contributed by atoms with Crippen LogP contribution in [0.5, 0.6) is 5.75 Å². The van der Waals surface area contributed by atoms with Gasteiger partial charge in [0.2, 0.25) is 5.52 Å². The largest absolute Gasteiger partial charge is 0.492 e. The van der Waals surface area contributed by atoms with E-state index in [1.807, 2.05) is 11.8 Å². The van der Waals surface area contributed by atoms with Gasteiger partial charge in [-0.1, -0.05) is 23.9 Å². The van der Waals surface area contributed by atoms with Gasteiger partial charge in [-0.3, -0.25) is 4.90 Å². The number of hydrogen-bond donors (Lipinski definition) is 1. The van der Waals surface area contributed by atoms with Gasteiger partial charge in [0, 0.05) is 23.6 Å². The molecule has 1 saturated heterocycles. The molecule has 0 atom stereocenters. The van der Waals surface area contributed by atoms with Crippen molar-refractivity contribution in [1.29, 1.82) is 0 Å². The van der Waals surface area contributed by atoms with E-state index < -0.39 is 0 Å². The Morgan fingerprint density at radius 3 is 2.85 bits per heavy atom. The summed E-state index contributed by atoms with van der Waals surface area (Å²) >= 11 is 1.82. The number of hydrogen-bond acceptors (Lipinski definition) is 4. The lowest BCUT2D eigenvalue weighted by molar-refractivity contribution is -0.646. The molecular formula is C22H24N3OS+. The maximum atomic E-state index is 6.03. The molecule has 0 saturated carbocycles. The number of fused-ring (bicyclic) bond motifs is 4. The highest BCUT2D eigenvalue weighted by Gasteiger charge is 2.23. The van der Waals surface area contributed by atoms with Crippen molar-refractivity contribution in [3.8, 4) is 5.75 Å². The molecule has 2 aliphatic rings. The SMILES string of the molecule is C[n+]1cc2c(c3ccccc31)Nc1cc(OCCN3CCCC3)ccc1S2. The summed E-state index contributed by atoms with van der Waals surface area (Å²) in [5, 5.41) is 4.90. The first-order chi connectivity index (χ1) is 13.3. The molecule has 3 heterocycles. The molecular weight excluding hydrogens is 354 g/mol. The molecule has 27 heavy (non-hydrogen) atoms. The number of anilines is 2. The molecule has 3 aromatic rings. The zero-order valence-corrected chi connectivity index (χ0v) is 16.4. The van der Waals surface area contributed by atoms with Crippen LogP contribution in [-0.2, 0) is 7.05 Å². The Hall–Kier alpha value is -2.24. The Kier molecular flexibility index (Phi) is 4.42. The van der Waals surface area contributed by atoms with Crippen LogP contribution in [0, 0.1) is 0 Å². The van der Waals surface area contributed by atoms with E-state index in [9.17, 15) is 0 Å². The summed E-state index contributed by atoms with van der Waals surface area (Å²) in [6.45, 7) is 4.20. The maximum Gasteiger partial charge on any atom is 0.214 e. The Morgan fingerprint density at radius 2 is 1.96 bits per heavy atom. The molecule has 1 fully saturated rings. The van der Waals surface area contributed by atoms with Crippen molar-refractivity contribution in [3.05, 3.63) is 48.7 Å². The highest BCUT2D eigenvalue weighted by atomic mass is 32.2. The standard InChI is InChI=1S/C22H23N3OS/c1-24-15-21-22(17-6-2-3-7-19(17)24)23-18-14-16(8-9-20(18)27-21)26-13-12-25-10-4-5-11-25/h2-3,6-9,14-15H,4-5,10-13H2,1H3/p+1. The Balaban J connectivity index is 1.38. The van der Waals surface area contributed by atoms with Crippen LogP contribution >= 0.6 is 11.8 Å². The van der Waals surface area contributed by atoms with Crippen LogP contribution in [0.3, 0.4) is 0 Å². The van der Waals surface area contributed by atoms with E-state index >= 15 is 0 Å². The molecule has 1 aromatic heterocycles. The summed E-state index contributed by atoms with van der Waals surface area (Å²) < 4.78 is 8.23. The van der Waals surface area contributed by atoms with E-state index in [1.165, 1.54) is 52.3 Å². The molecule has 0 unspecified atom stereocenters. The van der Waals surface area contributed by atoms with Gasteiger partial charge in [0.1, 0.15) is 24.3 Å². The summed E-state index contributed by atoms with van der Waals surface area (Å²) in [6.07, 6.45) is 4.86. The molecule has 5 heteroatoms. The highest BCUT2D eigenvalue weighted by Crippen LogP contribution is 2.46. The molecule has 0 radical (unpaired) electrons. The smallest absolute Gasteiger partial charge is 0.214 e. The van der Waals surface area contributed by atoms with Crippen molar-refractivity contribution in [1.82, 2.24) is 4.90 Å². The van der Waals surface area contributed by atoms with Gasteiger partial charge in [-0.05, 0) is 44.1 Å². The molecule has 0 bridgehead atoms. The molecule has 1 N–H and O–H groups in total. The van der Waals surface area contributed by atoms with E-state index in [0.29, 0.717) is 0 Å². The Morgan fingerprint density at radius 1 is 1.11 bits per heavy atom. The molecule has 138 valence electrons. The van der Waals surface area contributed by atoms with Gasteiger partial charge in [0.25, 0.3) is 0 Å². The van der Waals surface area contributed by atoms with E-state index in [0.717, 1.165) is 24.6 Å². The third-order valence-corrected chi connectivity index (χ3v) is 6.52. The number of pyridine rings is 1. The average Bonchev–Trinajstić information content (AvgIpc) is 3.21. The topological polar surface area (TPSA) is 28.4 Å². The van der Waals surface area contributed by atoms with Gasteiger partial charge in [-0.2, -0.15) is 4.57 Å². The average molecular weight is 379 g/mol. The fourth-order valence-electron chi connectivity index (χ4n) is 3.98. The fraction of sp³-hybridized carbons (Fsp3) is 0.318. The molecule has 0 amide bonds. The van der Waals surface area contributed by atoms with E-state index in [2.05, 4.69) is 70.5 Å². The lowest BCUT2D eigenvalue weighted by atomic mass is 10.1. The van der Waals surface area contributed by atoms with Crippen molar-refractivity contribution >= 4 is 34.0 Å². The second-order valence-electron chi connectivity index (χ2n) is 7.28. The predicted octanol–water partition coefficient (Wildman–Crippen LogP) is 4.35. The number of para-hydroxylation sites is 1. The summed E-state index contributed by atoms with van der Waals surface area (Å²) in [5.41, 5.74) is 3.55. The summed E-state index contributed by atoms with van der Waals surface area (Å²) in [4.78, 5) is 4.98. The van der Waals surface area contributed by atoms with Gasteiger partial charge in [-0.15, -0.1) is 0 Å². The van der Waals surface area contributed by atoms with Crippen LogP contribution < -0.4 is 14.6 Å². The summed E-state index contributed by atoms with van der Waals surface area (Å²) in [6, 6.07) is 14.9. The second kappa shape index (κ2) is 7.06. The monoisotopic (exact) mass is 378 g/mol. The van der Waals surface area contributed by atoms with Crippen LogP contribution in [0.2, 0.25) is 0 Å². The van der Waals surface area contributed by atoms with Crippen LogP contribution in [0.4, 0.5) is 11.4 Å². The number of rotatable bonds is 4. The first-order valence-electron chi connectivity index (χ1n) is 9.63. The van der Waals surface area contributed by atoms with Crippen LogP contribution in [0.25, 0.3) is 10.9 Å². The highest BCUT2D eigenvalue weighted by molar-refractivity contribution is 7.99. The first kappa shape index (κ1) is 16.9. The molecule has 5 rings (SSSR count). The lowest BCUT2D eigenvalue weighted by Gasteiger charge is -2.22. The van der Waals surface area contributed by atoms with Crippen LogP contribution in [-0.4, -0.2) is 31.1 Å². The van der Waals surface area contributed by atoms with Gasteiger partial charge < -0.3 is 10.1 Å². The molecule has 4 nitrogen and oxygen atoms in total. The third-order valence-electron chi connectivity index (χ3n) is 5.42. The van der Waals surface area contributed by atoms with Crippen molar-refractivity contribution in [2.24, 2.45) is 7.05 Å². The zero-order valence-electron chi connectivity index (χ0n) is 15.6. The number of benzene rings is 2. The minimum absolute atomic E-state index is 0.751. The van der Waals surface area contributed by atoms with Gasteiger partial charge in [0.05, 0.1) is 16.8 Å². The normalized spacial score (nSPS) is 16.0. The minimum atomic E-state index is 0.751. The van der Waals surface area contributed by atoms with E-state index in [4.69, 9.17) is 4.74 Å². The zero-order chi connectivity index (χ0) is 18.2. The first-order valence-corrected chi connectivity index (χ1v) is 10.4.